The molecule has 4 amide bonds. The Morgan fingerprint density at radius 1 is 0.677 bits per heavy atom. The van der Waals surface area contributed by atoms with Crippen molar-refractivity contribution in [3.8, 4) is 5.75 Å². The molecule has 3 saturated heterocycles. The molecule has 24 N–H and O–H groups in total. The fourth-order valence-corrected chi connectivity index (χ4v) is 11.1. The molecule has 0 saturated carbocycles. The van der Waals surface area contributed by atoms with Gasteiger partial charge in [-0.15, -0.1) is 0 Å². The second kappa shape index (κ2) is 33.0. The Kier molecular flexibility index (Phi) is 26.0. The molecule has 0 aliphatic carbocycles. The SMILES string of the molecule is CC(C)CC(=O)OC1C(OC2C(CO)OC(Oc3ccc(CC(NC(=O)C(N)C(C)c4ccccc4)C(=O)NC(C(=O)NC(C(=O)NC(C=O)CO)C(O)C4CN=C(N)N4C4OC(CO)C(O)C(O)C4O)C(O)C4CN=C(N)N4)cc3)C(O)C2O)OC(CO)C(O)C1O. The van der Waals surface area contributed by atoms with Gasteiger partial charge in [-0.1, -0.05) is 63.2 Å². The number of esters is 1. The summed E-state index contributed by atoms with van der Waals surface area (Å²) in [6.45, 7) is 0.688. The van der Waals surface area contributed by atoms with Crippen molar-refractivity contribution in [2.45, 2.75) is 186 Å². The zero-order chi connectivity index (χ0) is 68.3. The molecule has 5 heterocycles. The summed E-state index contributed by atoms with van der Waals surface area (Å²) in [5, 5.41) is 153. The number of aldehydes is 1. The van der Waals surface area contributed by atoms with E-state index in [1.807, 2.05) is 0 Å². The van der Waals surface area contributed by atoms with E-state index in [9.17, 15) is 95.2 Å². The molecule has 93 heavy (non-hydrogen) atoms. The lowest BCUT2D eigenvalue weighted by atomic mass is 9.93. The van der Waals surface area contributed by atoms with E-state index >= 15 is 0 Å². The summed E-state index contributed by atoms with van der Waals surface area (Å²) < 4.78 is 34.4. The molecular weight excluding hydrogens is 1240 g/mol. The van der Waals surface area contributed by atoms with Crippen LogP contribution in [-0.4, -0.2) is 305 Å². The number of ether oxygens (including phenoxy) is 6. The van der Waals surface area contributed by atoms with Gasteiger partial charge in [0.05, 0.1) is 57.6 Å². The van der Waals surface area contributed by atoms with Gasteiger partial charge in [-0.05, 0) is 29.2 Å². The van der Waals surface area contributed by atoms with Crippen molar-refractivity contribution in [1.82, 2.24) is 31.5 Å². The van der Waals surface area contributed by atoms with Crippen LogP contribution in [0.2, 0.25) is 0 Å². The van der Waals surface area contributed by atoms with Crippen LogP contribution >= 0.6 is 0 Å². The third-order valence-corrected chi connectivity index (χ3v) is 16.5. The van der Waals surface area contributed by atoms with E-state index in [-0.39, 0.29) is 42.4 Å². The minimum atomic E-state index is -2.27. The van der Waals surface area contributed by atoms with E-state index in [2.05, 4.69) is 36.6 Å². The van der Waals surface area contributed by atoms with E-state index in [4.69, 9.17) is 45.6 Å². The van der Waals surface area contributed by atoms with E-state index in [1.54, 1.807) is 51.1 Å². The first-order valence-electron chi connectivity index (χ1n) is 29.9. The summed E-state index contributed by atoms with van der Waals surface area (Å²) in [6.07, 6.45) is -31.3. The summed E-state index contributed by atoms with van der Waals surface area (Å²) in [5.41, 5.74) is 19.5. The van der Waals surface area contributed by atoms with Crippen molar-refractivity contribution in [2.75, 3.05) is 39.5 Å². The van der Waals surface area contributed by atoms with E-state index in [0.29, 0.717) is 5.56 Å². The van der Waals surface area contributed by atoms with Gasteiger partial charge in [-0.2, -0.15) is 0 Å². The molecule has 0 bridgehead atoms. The van der Waals surface area contributed by atoms with Gasteiger partial charge >= 0.3 is 5.97 Å². The largest absolute Gasteiger partial charge is 0.462 e. The number of aliphatic hydroxyl groups is 13. The number of nitrogens with two attached hydrogens (primary N) is 3. The standard InChI is InChI=1S/C57H85N11O25/c1-22(2)13-34(74)92-48-43(80)41(78)32(20-72)90-55(48)93-47-33(21-73)91-54(46(83)44(47)81)88-27-11-9-24(10-12-27)14-28(64-50(85)35(58)23(3)25-7-5-4-6-8-25)49(84)66-36(38(75)29-15-61-56(59)65-29)52(87)67-37(51(86)63-26(17-69)18-70)39(76)30-16-62-57(60)68(30)53-45(82)42(79)40(77)31(19-71)89-53/h4-12,17,22-23,26,28-33,35-48,53-55,70-73,75-83H,13-16,18-21,58H2,1-3H3,(H2,60,62)(H,63,86)(H,64,85)(H,66,84)(H,67,87)(H3,59,61,65). The summed E-state index contributed by atoms with van der Waals surface area (Å²) in [6, 6.07) is 2.06. The number of rotatable bonds is 29. The molecule has 5 aliphatic heterocycles. The van der Waals surface area contributed by atoms with Gasteiger partial charge < -0.3 is 148 Å². The Morgan fingerprint density at radius 3 is 1.87 bits per heavy atom. The van der Waals surface area contributed by atoms with Crippen molar-refractivity contribution in [3.63, 3.8) is 0 Å². The quantitative estimate of drug-likeness (QED) is 0.0266. The first-order chi connectivity index (χ1) is 44.2. The maximum atomic E-state index is 14.9. The van der Waals surface area contributed by atoms with Crippen molar-refractivity contribution >= 4 is 47.8 Å². The lowest BCUT2D eigenvalue weighted by molar-refractivity contribution is -0.353. The molecule has 0 spiro atoms. The predicted molar refractivity (Wildman–Crippen MR) is 316 cm³/mol. The van der Waals surface area contributed by atoms with Gasteiger partial charge in [0, 0.05) is 18.8 Å². The molecule has 36 nitrogen and oxygen atoms in total. The highest BCUT2D eigenvalue weighted by Crippen LogP contribution is 2.33. The van der Waals surface area contributed by atoms with Gasteiger partial charge in [-0.25, -0.2) is 0 Å². The maximum absolute atomic E-state index is 14.9. The van der Waals surface area contributed by atoms with Crippen LogP contribution in [0.3, 0.4) is 0 Å². The molecule has 3 fully saturated rings. The Balaban J connectivity index is 1.14. The molecule has 7 rings (SSSR count). The van der Waals surface area contributed by atoms with Crippen LogP contribution in [0.1, 0.15) is 44.2 Å². The molecule has 2 aromatic carbocycles. The van der Waals surface area contributed by atoms with Crippen molar-refractivity contribution in [3.05, 3.63) is 65.7 Å². The second-order valence-electron chi connectivity index (χ2n) is 23.6. The highest BCUT2D eigenvalue weighted by Gasteiger charge is 2.55. The van der Waals surface area contributed by atoms with Gasteiger partial charge in [-0.3, -0.25) is 34.0 Å². The lowest BCUT2D eigenvalue weighted by Gasteiger charge is -2.46. The van der Waals surface area contributed by atoms with Crippen LogP contribution in [0, 0.1) is 5.92 Å². The molecule has 5 aliphatic rings. The number of guanidine groups is 2. The Labute approximate surface area is 531 Å². The van der Waals surface area contributed by atoms with E-state index in [0.717, 1.165) is 4.90 Å². The number of hydrogen-bond acceptors (Lipinski definition) is 32. The van der Waals surface area contributed by atoms with Gasteiger partial charge in [0.1, 0.15) is 116 Å². The molecule has 518 valence electrons. The fourth-order valence-electron chi connectivity index (χ4n) is 11.1. The first-order valence-corrected chi connectivity index (χ1v) is 29.9. The molecular formula is C57H85N11O25. The summed E-state index contributed by atoms with van der Waals surface area (Å²) in [7, 11) is 0. The van der Waals surface area contributed by atoms with E-state index < -0.39 is 227 Å². The molecule has 0 radical (unpaired) electrons. The highest BCUT2D eigenvalue weighted by atomic mass is 16.7. The number of aliphatic imine (C=N–C) groups is 2. The van der Waals surface area contributed by atoms with Crippen molar-refractivity contribution < 1.29 is 124 Å². The fraction of sp³-hybridized carbons (Fsp3) is 0.649. The number of nitrogens with zero attached hydrogens (tertiary/aromatic N) is 3. The predicted octanol–water partition coefficient (Wildman–Crippen LogP) is -11.1. The van der Waals surface area contributed by atoms with Gasteiger partial charge in [0.25, 0.3) is 0 Å². The maximum Gasteiger partial charge on any atom is 0.306 e. The number of hydrogen-bond donors (Lipinski definition) is 21. The Hall–Kier alpha value is -6.92. The minimum Gasteiger partial charge on any atom is -0.462 e. The molecule has 0 aromatic heterocycles. The van der Waals surface area contributed by atoms with Crippen molar-refractivity contribution in [1.29, 1.82) is 0 Å². The summed E-state index contributed by atoms with van der Waals surface area (Å²) >= 11 is 0. The third kappa shape index (κ3) is 17.5. The molecule has 36 heteroatoms. The van der Waals surface area contributed by atoms with Gasteiger partial charge in [0.15, 0.2) is 30.5 Å². The number of nitrogens with one attached hydrogen (secondary N) is 5. The minimum absolute atomic E-state index is 0.0572. The zero-order valence-electron chi connectivity index (χ0n) is 50.7. The van der Waals surface area contributed by atoms with Crippen LogP contribution in [-0.2, 0) is 58.9 Å². The van der Waals surface area contributed by atoms with Crippen LogP contribution in [0.5, 0.6) is 5.75 Å². The van der Waals surface area contributed by atoms with Crippen LogP contribution in [0.4, 0.5) is 0 Å². The number of carbonyl (C=O) groups is 6. The Bertz CT molecular complexity index is 2890. The van der Waals surface area contributed by atoms with Crippen LogP contribution in [0.25, 0.3) is 0 Å². The zero-order valence-corrected chi connectivity index (χ0v) is 50.7. The van der Waals surface area contributed by atoms with Crippen LogP contribution in [0.15, 0.2) is 64.6 Å². The number of benzene rings is 2. The number of aliphatic hydroxyl groups excluding tert-OH is 13. The normalized spacial score (nSPS) is 32.2. The van der Waals surface area contributed by atoms with E-state index in [1.165, 1.54) is 24.3 Å². The lowest BCUT2D eigenvalue weighted by Crippen LogP contribution is -2.70. The first kappa shape index (κ1) is 73.5. The molecule has 25 atom stereocenters. The summed E-state index contributed by atoms with van der Waals surface area (Å²) in [4.78, 5) is 91.8. The number of carbonyl (C=O) groups excluding carboxylic acids is 6. The second-order valence-corrected chi connectivity index (χ2v) is 23.6. The van der Waals surface area contributed by atoms with Crippen LogP contribution < -0.4 is 48.5 Å². The summed E-state index contributed by atoms with van der Waals surface area (Å²) in [5.74, 6) is -7.24. The smallest absolute Gasteiger partial charge is 0.306 e. The monoisotopic (exact) mass is 1320 g/mol. The topological polar surface area (TPSA) is 587 Å². The average molecular weight is 1320 g/mol. The highest BCUT2D eigenvalue weighted by molar-refractivity contribution is 5.96. The molecule has 25 unspecified atom stereocenters. The molecule has 2 aromatic rings. The third-order valence-electron chi connectivity index (χ3n) is 16.5. The average Bonchev–Trinajstić information content (AvgIpc) is 1.77. The van der Waals surface area contributed by atoms with Gasteiger partial charge in [0.2, 0.25) is 29.9 Å². The van der Waals surface area contributed by atoms with Crippen molar-refractivity contribution in [2.24, 2.45) is 33.1 Å². The Morgan fingerprint density at radius 2 is 1.27 bits per heavy atom. The number of amides is 4.